The number of rotatable bonds is 31. The largest absolute Gasteiger partial charge is 0.481 e. The van der Waals surface area contributed by atoms with Crippen molar-refractivity contribution in [3.8, 4) is 5.75 Å². The maximum atomic E-state index is 15.0. The van der Waals surface area contributed by atoms with E-state index in [1.807, 2.05) is 65.1 Å². The van der Waals surface area contributed by atoms with E-state index in [1.54, 1.807) is 42.5 Å². The van der Waals surface area contributed by atoms with Crippen LogP contribution in [-0.4, -0.2) is 188 Å². The Bertz CT molecular complexity index is 3010. The maximum Gasteiger partial charge on any atom is 0.373 e. The number of carbonyl (C=O) groups excluding carboxylic acids is 10. The van der Waals surface area contributed by atoms with Crippen LogP contribution >= 0.6 is 11.3 Å². The van der Waals surface area contributed by atoms with Gasteiger partial charge in [-0.1, -0.05) is 71.4 Å². The highest BCUT2D eigenvalue weighted by Gasteiger charge is 2.45. The molecule has 6 rings (SSSR count). The average Bonchev–Trinajstić information content (AvgIpc) is 3.06. The minimum absolute atomic E-state index is 0.0444. The highest BCUT2D eigenvalue weighted by molar-refractivity contribution is 7.09. The van der Waals surface area contributed by atoms with Crippen molar-refractivity contribution in [2.45, 2.75) is 167 Å². The second-order valence-electron chi connectivity index (χ2n) is 23.8. The number of amides is 5. The fraction of sp³-hybridized carbons (Fsp3) is 0.571. The second-order valence-corrected chi connectivity index (χ2v) is 24.7. The van der Waals surface area contributed by atoms with E-state index in [1.165, 1.54) is 6.92 Å². The monoisotopic (exact) mass is 1260 g/mol. The van der Waals surface area contributed by atoms with Crippen LogP contribution in [0.2, 0.25) is 0 Å². The standard InChI is InChI=1S/C62H85N7O16S.CO2/c1-9-36(4)44(60(80)67(7)46(35(2)3)30-52(84-38(6)70)59-66-45(34-86-59)57(78)65-42(25-37(5)61(81)82)27-39-15-11-10-12-16-39)29-49(72)48-17-13-14-24-69(48,8)32-40-18-19-51(85-62-56(77)55(76)50(73)33-83-62)41(26-40)28-43(71)22-23-64-58(79)47(31-63)68-53(74)20-21-54(68)75;2-1-3/h10-12,15-16,18-21,26,34-37,42,44,46-48,50,52,55-56,62,73,76-77H,9,13-14,17,22-25,27-33,63H2,1-8H3,(H2-,64,65,78,79,81,82);/p+1/t36-,37-,42+,44-,46+,47-,48+,50?,52+,55-,56?,62-,69?;/m0./s1. The summed E-state index contributed by atoms with van der Waals surface area (Å²) in [5, 5.41) is 48.5. The summed E-state index contributed by atoms with van der Waals surface area (Å²) in [5.74, 6) is -6.55. The molecule has 1 aromatic heterocycles. The van der Waals surface area contributed by atoms with Crippen molar-refractivity contribution in [3.63, 3.8) is 0 Å². The minimum Gasteiger partial charge on any atom is -0.481 e. The number of aliphatic carboxylic acids is 1. The molecule has 486 valence electrons. The summed E-state index contributed by atoms with van der Waals surface area (Å²) >= 11 is 1.13. The third-order valence-corrected chi connectivity index (χ3v) is 17.8. The Hall–Kier alpha value is -7.42. The minimum atomic E-state index is -1.64. The van der Waals surface area contributed by atoms with Crippen LogP contribution < -0.4 is 21.1 Å². The third kappa shape index (κ3) is 20.0. The van der Waals surface area contributed by atoms with Crippen molar-refractivity contribution in [3.05, 3.63) is 93.5 Å². The lowest BCUT2D eigenvalue weighted by Gasteiger charge is -2.45. The molecule has 0 aliphatic carbocycles. The van der Waals surface area contributed by atoms with Crippen LogP contribution in [0, 0.1) is 23.7 Å². The molecule has 0 bridgehead atoms. The van der Waals surface area contributed by atoms with Crippen LogP contribution in [-0.2, 0) is 76.8 Å². The molecule has 3 aliphatic heterocycles. The van der Waals surface area contributed by atoms with E-state index >= 15 is 9.59 Å². The molecule has 2 fully saturated rings. The van der Waals surface area contributed by atoms with Crippen molar-refractivity contribution >= 4 is 70.5 Å². The zero-order valence-corrected chi connectivity index (χ0v) is 52.6. The van der Waals surface area contributed by atoms with Gasteiger partial charge < -0.3 is 60.4 Å². The molecule has 0 radical (unpaired) electrons. The Morgan fingerprint density at radius 1 is 0.955 bits per heavy atom. The highest BCUT2D eigenvalue weighted by Crippen LogP contribution is 2.36. The second kappa shape index (κ2) is 34.0. The number of aliphatic hydroxyl groups is 3. The smallest absolute Gasteiger partial charge is 0.373 e. The van der Waals surface area contributed by atoms with Gasteiger partial charge >= 0.3 is 18.1 Å². The molecular weight excluding hydrogens is 1170 g/mol. The fourth-order valence-corrected chi connectivity index (χ4v) is 12.5. The Labute approximate surface area is 521 Å². The van der Waals surface area contributed by atoms with E-state index in [9.17, 15) is 54.0 Å². The molecule has 13 atom stereocenters. The molecular formula is C63H86N7O18S+. The zero-order valence-electron chi connectivity index (χ0n) is 51.7. The van der Waals surface area contributed by atoms with Gasteiger partial charge in [-0.25, -0.2) is 4.98 Å². The van der Waals surface area contributed by atoms with Crippen molar-refractivity contribution in [2.75, 3.05) is 40.3 Å². The summed E-state index contributed by atoms with van der Waals surface area (Å²) < 4.78 is 17.8. The van der Waals surface area contributed by atoms with Gasteiger partial charge in [0, 0.05) is 106 Å². The Kier molecular flexibility index (Phi) is 27.6. The Morgan fingerprint density at radius 3 is 2.25 bits per heavy atom. The molecule has 3 aliphatic rings. The number of thiazole rings is 1. The number of esters is 1. The van der Waals surface area contributed by atoms with E-state index in [0.717, 1.165) is 52.4 Å². The number of carboxylic acid groups (broad SMARTS) is 1. The number of imide groups is 1. The zero-order chi connectivity index (χ0) is 65.9. The van der Waals surface area contributed by atoms with Gasteiger partial charge in [0.25, 0.3) is 17.7 Å². The number of ether oxygens (including phenoxy) is 3. The molecule has 25 nitrogen and oxygen atoms in total. The summed E-state index contributed by atoms with van der Waals surface area (Å²) in [6, 6.07) is 11.7. The SMILES string of the molecule is CC[C@H](C)[C@H](CC(=O)[C@H]1CCCC[N+]1(C)Cc1ccc(O[C@@H]2OCC(O)[C@H](O)C2O)c(CC(=O)CCNC(=O)[C@H](CN)N2C(=O)C=CC2=O)c1)C(=O)N(C)[C@H](C[C@@H](OC(C)=O)c1nc(C(=O)N[C@@H](Cc2ccccc2)C[C@H](C)C(=O)O)cs1)C(C)C.O=C=O. The maximum absolute atomic E-state index is 15.0. The van der Waals surface area contributed by atoms with Gasteiger partial charge in [0.2, 0.25) is 18.1 Å². The van der Waals surface area contributed by atoms with Crippen LogP contribution in [0.3, 0.4) is 0 Å². The Balaban J connectivity index is 0.00000471. The van der Waals surface area contributed by atoms with E-state index < -0.39 is 102 Å². The first-order chi connectivity index (χ1) is 42.2. The van der Waals surface area contributed by atoms with Gasteiger partial charge in [0.05, 0.1) is 26.1 Å². The van der Waals surface area contributed by atoms with Gasteiger partial charge in [-0.05, 0) is 61.3 Å². The number of likely N-dealkylation sites (N-methyl/N-ethyl adjacent to an activating group) is 1. The third-order valence-electron chi connectivity index (χ3n) is 16.9. The number of hydrogen-bond acceptors (Lipinski definition) is 20. The molecule has 5 amide bonds. The predicted molar refractivity (Wildman–Crippen MR) is 320 cm³/mol. The summed E-state index contributed by atoms with van der Waals surface area (Å²) in [5.41, 5.74) is 7.86. The number of carboxylic acids is 1. The van der Waals surface area contributed by atoms with E-state index in [4.69, 9.17) is 29.5 Å². The normalized spacial score (nSPS) is 22.2. The quantitative estimate of drug-likeness (QED) is 0.0276. The number of nitrogens with two attached hydrogens (primary N) is 1. The Morgan fingerprint density at radius 2 is 1.63 bits per heavy atom. The number of hydrogen-bond donors (Lipinski definition) is 7. The van der Waals surface area contributed by atoms with Gasteiger partial charge in [-0.3, -0.25) is 48.1 Å². The molecule has 4 heterocycles. The summed E-state index contributed by atoms with van der Waals surface area (Å²) in [4.78, 5) is 143. The summed E-state index contributed by atoms with van der Waals surface area (Å²) in [6.45, 7) is 10.8. The van der Waals surface area contributed by atoms with Crippen molar-refractivity contribution < 1.29 is 91.9 Å². The molecule has 2 aromatic carbocycles. The highest BCUT2D eigenvalue weighted by atomic mass is 32.1. The number of nitrogens with zero attached hydrogens (tertiary/aromatic N) is 4. The number of piperidine rings is 1. The van der Waals surface area contributed by atoms with Crippen LogP contribution in [0.4, 0.5) is 0 Å². The predicted octanol–water partition coefficient (Wildman–Crippen LogP) is 3.00. The lowest BCUT2D eigenvalue weighted by Crippen LogP contribution is -2.58. The lowest BCUT2D eigenvalue weighted by molar-refractivity contribution is -0.941. The number of carbonyl (C=O) groups is 9. The number of ketones is 2. The number of aromatic nitrogens is 1. The molecule has 2 saturated heterocycles. The van der Waals surface area contributed by atoms with E-state index in [-0.39, 0.29) is 103 Å². The van der Waals surface area contributed by atoms with Crippen LogP contribution in [0.5, 0.6) is 5.75 Å². The number of nitrogens with one attached hydrogen (secondary N) is 2. The van der Waals surface area contributed by atoms with Crippen molar-refractivity contribution in [1.29, 1.82) is 0 Å². The molecule has 3 aromatic rings. The molecule has 89 heavy (non-hydrogen) atoms. The molecule has 26 heteroatoms. The molecule has 8 N–H and O–H groups in total. The number of benzene rings is 2. The number of Topliss-reactive ketones (excluding diaryl/α,β-unsaturated/α-hetero) is 2. The fourth-order valence-electron chi connectivity index (χ4n) is 11.7. The molecule has 3 unspecified atom stereocenters. The van der Waals surface area contributed by atoms with Gasteiger partial charge in [0.1, 0.15) is 59.2 Å². The van der Waals surface area contributed by atoms with Crippen LogP contribution in [0.1, 0.15) is 131 Å². The van der Waals surface area contributed by atoms with Crippen molar-refractivity contribution in [2.24, 2.45) is 29.4 Å². The van der Waals surface area contributed by atoms with Gasteiger partial charge in [-0.2, -0.15) is 9.59 Å². The van der Waals surface area contributed by atoms with E-state index in [0.29, 0.717) is 42.9 Å². The number of aliphatic hydroxyl groups excluding tert-OH is 3. The summed E-state index contributed by atoms with van der Waals surface area (Å²) in [6.07, 6.45) is -1.63. The summed E-state index contributed by atoms with van der Waals surface area (Å²) in [7, 11) is 3.69. The van der Waals surface area contributed by atoms with Gasteiger partial charge in [0.15, 0.2) is 11.9 Å². The van der Waals surface area contributed by atoms with Gasteiger partial charge in [-0.15, -0.1) is 11.3 Å². The van der Waals surface area contributed by atoms with Crippen molar-refractivity contribution in [1.82, 2.24) is 25.4 Å². The lowest BCUT2D eigenvalue weighted by atomic mass is 9.82. The van der Waals surface area contributed by atoms with E-state index in [2.05, 4.69) is 15.6 Å². The first-order valence-electron chi connectivity index (χ1n) is 30.0. The first kappa shape index (κ1) is 72.3. The molecule has 0 spiro atoms. The average molecular weight is 1260 g/mol. The number of likely N-dealkylation sites (tertiary alicyclic amines) is 1. The topological polar surface area (TPSA) is 366 Å². The first-order valence-corrected chi connectivity index (χ1v) is 30.9. The number of quaternary nitrogens is 1. The molecule has 0 saturated carbocycles. The van der Waals surface area contributed by atoms with Crippen LogP contribution in [0.25, 0.3) is 0 Å². The van der Waals surface area contributed by atoms with Crippen LogP contribution in [0.15, 0.2) is 66.1 Å².